The summed E-state index contributed by atoms with van der Waals surface area (Å²) in [5.74, 6) is 0. The van der Waals surface area contributed by atoms with E-state index in [2.05, 4.69) is 14.3 Å². The van der Waals surface area contributed by atoms with Crippen molar-refractivity contribution < 1.29 is 5.11 Å². The van der Waals surface area contributed by atoms with Crippen molar-refractivity contribution in [3.63, 3.8) is 0 Å². The maximum atomic E-state index is 9.41. The van der Waals surface area contributed by atoms with E-state index in [1.165, 1.54) is 29.6 Å². The van der Waals surface area contributed by atoms with E-state index in [0.29, 0.717) is 0 Å². The standard InChI is InChI=1S/C9H9N3OS2/c1-6(13)7-2-3-10-8(4-7)14-9-11-5-12-15-9/h2-6,13H,1H3/t6-/m1/s1. The lowest BCUT2D eigenvalue weighted by atomic mass is 10.2. The van der Waals surface area contributed by atoms with Crippen molar-refractivity contribution in [1.82, 2.24) is 14.3 Å². The molecule has 0 fully saturated rings. The normalized spacial score (nSPS) is 12.7. The topological polar surface area (TPSA) is 58.9 Å². The lowest BCUT2D eigenvalue weighted by Gasteiger charge is -2.04. The number of aliphatic hydroxyl groups is 1. The lowest BCUT2D eigenvalue weighted by Crippen LogP contribution is -1.91. The van der Waals surface area contributed by atoms with Gasteiger partial charge in [0.2, 0.25) is 0 Å². The molecule has 0 aliphatic heterocycles. The van der Waals surface area contributed by atoms with Gasteiger partial charge in [0.25, 0.3) is 0 Å². The largest absolute Gasteiger partial charge is 0.389 e. The molecule has 6 heteroatoms. The molecule has 0 saturated carbocycles. The first-order valence-electron chi connectivity index (χ1n) is 4.34. The molecule has 0 radical (unpaired) electrons. The van der Waals surface area contributed by atoms with Gasteiger partial charge in [0.05, 0.1) is 6.10 Å². The minimum absolute atomic E-state index is 0.471. The molecule has 0 bridgehead atoms. The maximum Gasteiger partial charge on any atom is 0.175 e. The number of hydrogen-bond donors (Lipinski definition) is 1. The third-order valence-electron chi connectivity index (χ3n) is 1.77. The SMILES string of the molecule is C[C@@H](O)c1ccnc(Sc2ncns2)c1. The van der Waals surface area contributed by atoms with Crippen molar-refractivity contribution in [3.8, 4) is 0 Å². The molecule has 78 valence electrons. The van der Waals surface area contributed by atoms with Gasteiger partial charge >= 0.3 is 0 Å². The monoisotopic (exact) mass is 239 g/mol. The second kappa shape index (κ2) is 4.69. The van der Waals surface area contributed by atoms with Crippen LogP contribution in [-0.2, 0) is 0 Å². The van der Waals surface area contributed by atoms with Gasteiger partial charge in [-0.1, -0.05) is 0 Å². The summed E-state index contributed by atoms with van der Waals surface area (Å²) in [6.07, 6.45) is 2.73. The Labute approximate surface area is 95.6 Å². The van der Waals surface area contributed by atoms with Crippen molar-refractivity contribution in [1.29, 1.82) is 0 Å². The average molecular weight is 239 g/mol. The number of aromatic nitrogens is 3. The fourth-order valence-corrected chi connectivity index (χ4v) is 2.44. The summed E-state index contributed by atoms with van der Waals surface area (Å²) in [6.45, 7) is 1.73. The first-order valence-corrected chi connectivity index (χ1v) is 5.93. The van der Waals surface area contributed by atoms with Crippen LogP contribution in [0.4, 0.5) is 0 Å². The minimum atomic E-state index is -0.471. The highest BCUT2D eigenvalue weighted by Gasteiger charge is 2.05. The van der Waals surface area contributed by atoms with Crippen LogP contribution in [0, 0.1) is 0 Å². The highest BCUT2D eigenvalue weighted by molar-refractivity contribution is 8.00. The van der Waals surface area contributed by atoms with Crippen LogP contribution in [0.5, 0.6) is 0 Å². The van der Waals surface area contributed by atoms with Crippen molar-refractivity contribution in [2.24, 2.45) is 0 Å². The van der Waals surface area contributed by atoms with Crippen molar-refractivity contribution >= 4 is 23.3 Å². The third kappa shape index (κ3) is 2.74. The molecule has 0 aromatic carbocycles. The highest BCUT2D eigenvalue weighted by atomic mass is 32.2. The van der Waals surface area contributed by atoms with E-state index in [9.17, 15) is 5.11 Å². The molecule has 15 heavy (non-hydrogen) atoms. The Morgan fingerprint density at radius 2 is 2.33 bits per heavy atom. The van der Waals surface area contributed by atoms with Crippen molar-refractivity contribution in [2.45, 2.75) is 22.4 Å². The molecule has 0 aliphatic rings. The molecule has 0 unspecified atom stereocenters. The predicted molar refractivity (Wildman–Crippen MR) is 58.9 cm³/mol. The van der Waals surface area contributed by atoms with Gasteiger partial charge in [0, 0.05) is 6.20 Å². The summed E-state index contributed by atoms with van der Waals surface area (Å²) < 4.78 is 4.76. The second-order valence-electron chi connectivity index (χ2n) is 2.91. The summed E-state index contributed by atoms with van der Waals surface area (Å²) in [7, 11) is 0. The molecule has 0 spiro atoms. The van der Waals surface area contributed by atoms with Gasteiger partial charge in [0.15, 0.2) is 4.34 Å². The van der Waals surface area contributed by atoms with E-state index in [1.54, 1.807) is 19.2 Å². The molecular formula is C9H9N3OS2. The third-order valence-corrected chi connectivity index (χ3v) is 3.42. The summed E-state index contributed by atoms with van der Waals surface area (Å²) in [4.78, 5) is 8.24. The molecule has 4 nitrogen and oxygen atoms in total. The minimum Gasteiger partial charge on any atom is -0.389 e. The van der Waals surface area contributed by atoms with Gasteiger partial charge in [-0.2, -0.15) is 4.37 Å². The predicted octanol–water partition coefficient (Wildman–Crippen LogP) is 2.14. The highest BCUT2D eigenvalue weighted by Crippen LogP contribution is 2.27. The zero-order chi connectivity index (χ0) is 10.7. The number of pyridine rings is 1. The van der Waals surface area contributed by atoms with Crippen LogP contribution in [-0.4, -0.2) is 19.4 Å². The fourth-order valence-electron chi connectivity index (χ4n) is 1.04. The molecule has 0 amide bonds. The lowest BCUT2D eigenvalue weighted by molar-refractivity contribution is 0.199. The molecule has 0 aliphatic carbocycles. The summed E-state index contributed by atoms with van der Waals surface area (Å²) >= 11 is 2.78. The first-order chi connectivity index (χ1) is 7.25. The Morgan fingerprint density at radius 1 is 1.47 bits per heavy atom. The molecule has 2 aromatic heterocycles. The molecular weight excluding hydrogens is 230 g/mol. The van der Waals surface area contributed by atoms with E-state index in [0.717, 1.165) is 14.9 Å². The van der Waals surface area contributed by atoms with Gasteiger partial charge in [-0.05, 0) is 47.9 Å². The molecule has 2 heterocycles. The van der Waals surface area contributed by atoms with E-state index in [-0.39, 0.29) is 0 Å². The molecule has 0 saturated heterocycles. The van der Waals surface area contributed by atoms with E-state index < -0.39 is 6.10 Å². The second-order valence-corrected chi connectivity index (χ2v) is 4.96. The van der Waals surface area contributed by atoms with E-state index in [4.69, 9.17) is 0 Å². The maximum absolute atomic E-state index is 9.41. The van der Waals surface area contributed by atoms with Gasteiger partial charge in [-0.15, -0.1) is 0 Å². The van der Waals surface area contributed by atoms with Crippen LogP contribution in [0.15, 0.2) is 34.0 Å². The summed E-state index contributed by atoms with van der Waals surface area (Å²) in [6, 6.07) is 3.66. The van der Waals surface area contributed by atoms with Gasteiger partial charge in [-0.25, -0.2) is 9.97 Å². The Balaban J connectivity index is 2.18. The van der Waals surface area contributed by atoms with Gasteiger partial charge in [0.1, 0.15) is 11.4 Å². The Morgan fingerprint density at radius 3 is 3.00 bits per heavy atom. The van der Waals surface area contributed by atoms with Crippen LogP contribution < -0.4 is 0 Å². The number of hydrogen-bond acceptors (Lipinski definition) is 6. The average Bonchev–Trinajstić information content (AvgIpc) is 2.71. The van der Waals surface area contributed by atoms with Crippen LogP contribution in [0.3, 0.4) is 0 Å². The molecule has 2 aromatic rings. The van der Waals surface area contributed by atoms with Crippen LogP contribution in [0.2, 0.25) is 0 Å². The summed E-state index contributed by atoms with van der Waals surface area (Å²) in [5, 5.41) is 10.2. The fraction of sp³-hybridized carbons (Fsp3) is 0.222. The Kier molecular flexibility index (Phi) is 3.30. The molecule has 1 N–H and O–H groups in total. The van der Waals surface area contributed by atoms with Crippen LogP contribution in [0.1, 0.15) is 18.6 Å². The Hall–Kier alpha value is -0.980. The van der Waals surface area contributed by atoms with Crippen LogP contribution >= 0.6 is 23.3 Å². The smallest absolute Gasteiger partial charge is 0.175 e. The molecule has 1 atom stereocenters. The van der Waals surface area contributed by atoms with Crippen LogP contribution in [0.25, 0.3) is 0 Å². The summed E-state index contributed by atoms with van der Waals surface area (Å²) in [5.41, 5.74) is 0.858. The van der Waals surface area contributed by atoms with Gasteiger partial charge < -0.3 is 5.11 Å². The quantitative estimate of drug-likeness (QED) is 0.889. The zero-order valence-corrected chi connectivity index (χ0v) is 9.63. The number of nitrogens with zero attached hydrogens (tertiary/aromatic N) is 3. The van der Waals surface area contributed by atoms with E-state index >= 15 is 0 Å². The van der Waals surface area contributed by atoms with Gasteiger partial charge in [-0.3, -0.25) is 0 Å². The van der Waals surface area contributed by atoms with E-state index in [1.807, 2.05) is 6.07 Å². The Bertz CT molecular complexity index is 431. The van der Waals surface area contributed by atoms with Crippen molar-refractivity contribution in [2.75, 3.05) is 0 Å². The number of aliphatic hydroxyl groups excluding tert-OH is 1. The zero-order valence-electron chi connectivity index (χ0n) is 7.99. The molecule has 2 rings (SSSR count). The number of rotatable bonds is 3. The first kappa shape index (κ1) is 10.5. The van der Waals surface area contributed by atoms with Crippen molar-refractivity contribution in [3.05, 3.63) is 30.2 Å².